The Hall–Kier alpha value is -1.15. The zero-order chi connectivity index (χ0) is 12.7. The van der Waals surface area contributed by atoms with Crippen LogP contribution in [0.5, 0.6) is 0 Å². The number of benzene rings is 1. The van der Waals surface area contributed by atoms with E-state index in [1.807, 2.05) is 12.1 Å². The number of Topliss-reactive ketones (excluding diaryl/α,β-unsaturated/α-hetero) is 1. The zero-order valence-electron chi connectivity index (χ0n) is 10.9. The first kappa shape index (κ1) is 13.9. The Bertz CT molecular complexity index is 342. The van der Waals surface area contributed by atoms with Crippen LogP contribution in [0.1, 0.15) is 49.0 Å². The Labute approximate surface area is 104 Å². The van der Waals surface area contributed by atoms with E-state index >= 15 is 0 Å². The van der Waals surface area contributed by atoms with Crippen molar-refractivity contribution in [3.05, 3.63) is 35.4 Å². The van der Waals surface area contributed by atoms with Crippen LogP contribution in [0.3, 0.4) is 0 Å². The SMILES string of the molecule is CCCc1ccc(C(=O)C(CN)CCC)cc1. The minimum atomic E-state index is -0.0166. The van der Waals surface area contributed by atoms with Crippen LogP contribution >= 0.6 is 0 Å². The fraction of sp³-hybridized carbons (Fsp3) is 0.533. The second-order valence-electron chi connectivity index (χ2n) is 4.53. The van der Waals surface area contributed by atoms with Crippen molar-refractivity contribution in [2.75, 3.05) is 6.54 Å². The molecule has 0 saturated carbocycles. The van der Waals surface area contributed by atoms with Crippen LogP contribution in [0.15, 0.2) is 24.3 Å². The zero-order valence-corrected chi connectivity index (χ0v) is 10.9. The van der Waals surface area contributed by atoms with Gasteiger partial charge in [0.05, 0.1) is 0 Å². The Morgan fingerprint density at radius 3 is 2.29 bits per heavy atom. The summed E-state index contributed by atoms with van der Waals surface area (Å²) in [6.07, 6.45) is 4.09. The summed E-state index contributed by atoms with van der Waals surface area (Å²) in [5.74, 6) is 0.175. The molecule has 0 spiro atoms. The molecule has 0 amide bonds. The van der Waals surface area contributed by atoms with Gasteiger partial charge in [-0.3, -0.25) is 4.79 Å². The molecule has 1 aromatic rings. The molecule has 1 atom stereocenters. The van der Waals surface area contributed by atoms with Crippen LogP contribution in [-0.2, 0) is 6.42 Å². The fourth-order valence-electron chi connectivity index (χ4n) is 2.06. The molecule has 1 unspecified atom stereocenters. The van der Waals surface area contributed by atoms with Gasteiger partial charge in [-0.05, 0) is 18.4 Å². The molecule has 2 N–H and O–H groups in total. The van der Waals surface area contributed by atoms with E-state index < -0.39 is 0 Å². The smallest absolute Gasteiger partial charge is 0.167 e. The molecule has 0 aliphatic heterocycles. The number of carbonyl (C=O) groups excluding carboxylic acids is 1. The lowest BCUT2D eigenvalue weighted by atomic mass is 9.93. The van der Waals surface area contributed by atoms with Crippen LogP contribution in [0.4, 0.5) is 0 Å². The molecule has 17 heavy (non-hydrogen) atoms. The second kappa shape index (κ2) is 7.23. The van der Waals surface area contributed by atoms with E-state index in [2.05, 4.69) is 26.0 Å². The van der Waals surface area contributed by atoms with Gasteiger partial charge in [0.15, 0.2) is 5.78 Å². The van der Waals surface area contributed by atoms with Gasteiger partial charge in [-0.25, -0.2) is 0 Å². The summed E-state index contributed by atoms with van der Waals surface area (Å²) in [4.78, 5) is 12.2. The van der Waals surface area contributed by atoms with Crippen molar-refractivity contribution in [1.82, 2.24) is 0 Å². The normalized spacial score (nSPS) is 12.4. The van der Waals surface area contributed by atoms with Gasteiger partial charge in [0.25, 0.3) is 0 Å². The van der Waals surface area contributed by atoms with E-state index in [4.69, 9.17) is 5.73 Å². The number of ketones is 1. The average Bonchev–Trinajstić information content (AvgIpc) is 2.36. The third-order valence-corrected chi connectivity index (χ3v) is 3.07. The molecule has 0 saturated heterocycles. The van der Waals surface area contributed by atoms with Crippen LogP contribution in [0, 0.1) is 5.92 Å². The van der Waals surface area contributed by atoms with E-state index in [1.165, 1.54) is 5.56 Å². The molecule has 2 nitrogen and oxygen atoms in total. The van der Waals surface area contributed by atoms with Gasteiger partial charge in [0.2, 0.25) is 0 Å². The highest BCUT2D eigenvalue weighted by Crippen LogP contribution is 2.15. The molecule has 2 heteroatoms. The molecule has 0 aromatic heterocycles. The maximum atomic E-state index is 12.2. The second-order valence-corrected chi connectivity index (χ2v) is 4.53. The van der Waals surface area contributed by atoms with Gasteiger partial charge in [-0.15, -0.1) is 0 Å². The molecule has 0 radical (unpaired) electrons. The molecular weight excluding hydrogens is 210 g/mol. The number of carbonyl (C=O) groups is 1. The van der Waals surface area contributed by atoms with Crippen LogP contribution in [0.2, 0.25) is 0 Å². The number of rotatable bonds is 7. The standard InChI is InChI=1S/C15H23NO/c1-3-5-12-7-9-13(10-8-12)15(17)14(11-16)6-4-2/h7-10,14H,3-6,11,16H2,1-2H3. The summed E-state index contributed by atoms with van der Waals surface area (Å²) >= 11 is 0. The van der Waals surface area contributed by atoms with Gasteiger partial charge >= 0.3 is 0 Å². The minimum Gasteiger partial charge on any atom is -0.330 e. The molecule has 0 heterocycles. The molecule has 0 aliphatic rings. The molecular formula is C15H23NO. The van der Waals surface area contributed by atoms with Gasteiger partial charge in [-0.1, -0.05) is 51.0 Å². The van der Waals surface area contributed by atoms with E-state index in [1.54, 1.807) is 0 Å². The van der Waals surface area contributed by atoms with Gasteiger partial charge in [-0.2, -0.15) is 0 Å². The molecule has 0 aliphatic carbocycles. The summed E-state index contributed by atoms with van der Waals surface area (Å²) in [6.45, 7) is 4.69. The summed E-state index contributed by atoms with van der Waals surface area (Å²) in [5, 5.41) is 0. The maximum absolute atomic E-state index is 12.2. The number of aryl methyl sites for hydroxylation is 1. The first-order chi connectivity index (χ1) is 8.22. The predicted octanol–water partition coefficient (Wildman–Crippen LogP) is 3.20. The van der Waals surface area contributed by atoms with E-state index in [0.717, 1.165) is 31.2 Å². The first-order valence-corrected chi connectivity index (χ1v) is 6.56. The highest BCUT2D eigenvalue weighted by Gasteiger charge is 2.17. The quantitative estimate of drug-likeness (QED) is 0.735. The molecule has 0 fully saturated rings. The Morgan fingerprint density at radius 1 is 1.18 bits per heavy atom. The van der Waals surface area contributed by atoms with Crippen molar-refractivity contribution in [3.8, 4) is 0 Å². The van der Waals surface area contributed by atoms with Crippen molar-refractivity contribution in [2.24, 2.45) is 11.7 Å². The highest BCUT2D eigenvalue weighted by atomic mass is 16.1. The van der Waals surface area contributed by atoms with Gasteiger partial charge in [0, 0.05) is 18.0 Å². The predicted molar refractivity (Wildman–Crippen MR) is 72.2 cm³/mol. The first-order valence-electron chi connectivity index (χ1n) is 6.56. The summed E-state index contributed by atoms with van der Waals surface area (Å²) in [6, 6.07) is 7.98. The summed E-state index contributed by atoms with van der Waals surface area (Å²) in [7, 11) is 0. The topological polar surface area (TPSA) is 43.1 Å². The third-order valence-electron chi connectivity index (χ3n) is 3.07. The number of nitrogens with two attached hydrogens (primary N) is 1. The number of hydrogen-bond donors (Lipinski definition) is 1. The van der Waals surface area contributed by atoms with Crippen LogP contribution in [0.25, 0.3) is 0 Å². The lowest BCUT2D eigenvalue weighted by molar-refractivity contribution is 0.0917. The summed E-state index contributed by atoms with van der Waals surface area (Å²) in [5.41, 5.74) is 7.75. The molecule has 1 aromatic carbocycles. The fourth-order valence-corrected chi connectivity index (χ4v) is 2.06. The average molecular weight is 233 g/mol. The molecule has 94 valence electrons. The van der Waals surface area contributed by atoms with Gasteiger partial charge < -0.3 is 5.73 Å². The molecule has 0 bridgehead atoms. The molecule has 1 rings (SSSR count). The van der Waals surface area contributed by atoms with Gasteiger partial charge in [0.1, 0.15) is 0 Å². The third kappa shape index (κ3) is 3.97. The van der Waals surface area contributed by atoms with Crippen molar-refractivity contribution >= 4 is 5.78 Å². The minimum absolute atomic E-state index is 0.0166. The number of hydrogen-bond acceptors (Lipinski definition) is 2. The monoisotopic (exact) mass is 233 g/mol. The largest absolute Gasteiger partial charge is 0.330 e. The van der Waals surface area contributed by atoms with Crippen molar-refractivity contribution in [1.29, 1.82) is 0 Å². The van der Waals surface area contributed by atoms with E-state index in [-0.39, 0.29) is 11.7 Å². The lowest BCUT2D eigenvalue weighted by Gasteiger charge is -2.12. The Kier molecular flexibility index (Phi) is 5.92. The highest BCUT2D eigenvalue weighted by molar-refractivity contribution is 5.98. The van der Waals surface area contributed by atoms with Crippen molar-refractivity contribution < 1.29 is 4.79 Å². The lowest BCUT2D eigenvalue weighted by Crippen LogP contribution is -2.23. The summed E-state index contributed by atoms with van der Waals surface area (Å²) < 4.78 is 0. The Morgan fingerprint density at radius 2 is 1.82 bits per heavy atom. The Balaban J connectivity index is 2.74. The van der Waals surface area contributed by atoms with E-state index in [9.17, 15) is 4.79 Å². The van der Waals surface area contributed by atoms with Crippen molar-refractivity contribution in [2.45, 2.75) is 39.5 Å². The van der Waals surface area contributed by atoms with Crippen LogP contribution < -0.4 is 5.73 Å². The van der Waals surface area contributed by atoms with Crippen LogP contribution in [-0.4, -0.2) is 12.3 Å². The van der Waals surface area contributed by atoms with Crippen molar-refractivity contribution in [3.63, 3.8) is 0 Å². The van der Waals surface area contributed by atoms with E-state index in [0.29, 0.717) is 6.54 Å². The maximum Gasteiger partial charge on any atom is 0.167 e.